The van der Waals surface area contributed by atoms with Crippen LogP contribution in [0.5, 0.6) is 0 Å². The summed E-state index contributed by atoms with van der Waals surface area (Å²) in [7, 11) is 0. The van der Waals surface area contributed by atoms with Crippen molar-refractivity contribution >= 4 is 17.7 Å². The number of nitrogens with one attached hydrogen (secondary N) is 1. The van der Waals surface area contributed by atoms with Gasteiger partial charge in [-0.15, -0.1) is 10.2 Å². The fourth-order valence-corrected chi connectivity index (χ4v) is 5.88. The van der Waals surface area contributed by atoms with E-state index in [4.69, 9.17) is 0 Å². The maximum atomic E-state index is 13.6. The summed E-state index contributed by atoms with van der Waals surface area (Å²) >= 11 is 1.53. The van der Waals surface area contributed by atoms with Crippen LogP contribution in [0.25, 0.3) is 5.69 Å². The van der Waals surface area contributed by atoms with Crippen molar-refractivity contribution in [2.24, 2.45) is 0 Å². The zero-order valence-corrected chi connectivity index (χ0v) is 25.5. The van der Waals surface area contributed by atoms with Crippen LogP contribution in [-0.4, -0.2) is 20.7 Å². The minimum absolute atomic E-state index is 0.153. The van der Waals surface area contributed by atoms with Crippen molar-refractivity contribution in [3.05, 3.63) is 143 Å². The summed E-state index contributed by atoms with van der Waals surface area (Å²) in [6.45, 7) is 4.25. The van der Waals surface area contributed by atoms with Gasteiger partial charge in [0.1, 0.15) is 5.82 Å². The van der Waals surface area contributed by atoms with Gasteiger partial charge in [0.25, 0.3) is 5.91 Å². The normalized spacial score (nSPS) is 11.8. The van der Waals surface area contributed by atoms with Gasteiger partial charge >= 0.3 is 0 Å². The molecule has 1 atom stereocenters. The second-order valence-corrected chi connectivity index (χ2v) is 11.7. The molecule has 5 rings (SSSR count). The first-order valence-electron chi connectivity index (χ1n) is 14.8. The fraction of sp³-hybridized carbons (Fsp3) is 0.250. The first-order chi connectivity index (χ1) is 21.0. The topological polar surface area (TPSA) is 59.8 Å². The third-order valence-electron chi connectivity index (χ3n) is 7.42. The number of aryl methyl sites for hydroxylation is 2. The predicted octanol–water partition coefficient (Wildman–Crippen LogP) is 8.45. The van der Waals surface area contributed by atoms with E-state index in [0.717, 1.165) is 35.2 Å². The first kappa shape index (κ1) is 30.2. The molecule has 7 heteroatoms. The lowest BCUT2D eigenvalue weighted by molar-refractivity contribution is 0.0934. The van der Waals surface area contributed by atoms with Crippen LogP contribution in [-0.2, 0) is 18.6 Å². The number of amides is 1. The predicted molar refractivity (Wildman–Crippen MR) is 172 cm³/mol. The average Bonchev–Trinajstić information content (AvgIpc) is 3.45. The number of rotatable bonds is 13. The summed E-state index contributed by atoms with van der Waals surface area (Å²) in [6.07, 6.45) is 5.11. The summed E-state index contributed by atoms with van der Waals surface area (Å²) in [5, 5.41) is 13.2. The minimum Gasteiger partial charge on any atom is -0.342 e. The highest BCUT2D eigenvalue weighted by atomic mass is 32.2. The third-order valence-corrected chi connectivity index (χ3v) is 8.42. The van der Waals surface area contributed by atoms with Crippen molar-refractivity contribution in [1.82, 2.24) is 20.1 Å². The Balaban J connectivity index is 1.46. The maximum Gasteiger partial charge on any atom is 0.251 e. The lowest BCUT2D eigenvalue weighted by Crippen LogP contribution is -2.32. The van der Waals surface area contributed by atoms with Crippen LogP contribution < -0.4 is 5.32 Å². The maximum absolute atomic E-state index is 13.6. The summed E-state index contributed by atoms with van der Waals surface area (Å²) in [4.78, 5) is 13.6. The summed E-state index contributed by atoms with van der Waals surface area (Å²) < 4.78 is 15.5. The van der Waals surface area contributed by atoms with Crippen LogP contribution in [0.3, 0.4) is 0 Å². The van der Waals surface area contributed by atoms with Crippen LogP contribution in [0.15, 0.2) is 108 Å². The summed E-state index contributed by atoms with van der Waals surface area (Å²) in [5.74, 6) is 0.841. The fourth-order valence-electron chi connectivity index (χ4n) is 4.97. The van der Waals surface area contributed by atoms with Crippen molar-refractivity contribution in [2.75, 3.05) is 0 Å². The molecule has 0 saturated heterocycles. The Morgan fingerprint density at radius 2 is 1.53 bits per heavy atom. The second kappa shape index (κ2) is 14.8. The van der Waals surface area contributed by atoms with E-state index in [0.29, 0.717) is 28.7 Å². The van der Waals surface area contributed by atoms with Gasteiger partial charge in [0.05, 0.1) is 6.04 Å². The molecule has 0 aliphatic carbocycles. The highest BCUT2D eigenvalue weighted by Crippen LogP contribution is 2.29. The number of carbonyl (C=O) groups excluding carboxylic acids is 1. The van der Waals surface area contributed by atoms with Gasteiger partial charge in [0, 0.05) is 17.0 Å². The van der Waals surface area contributed by atoms with Gasteiger partial charge < -0.3 is 5.32 Å². The largest absolute Gasteiger partial charge is 0.342 e. The van der Waals surface area contributed by atoms with Gasteiger partial charge in [0.15, 0.2) is 11.0 Å². The second-order valence-electron chi connectivity index (χ2n) is 10.8. The quantitative estimate of drug-likeness (QED) is 0.110. The molecule has 0 aliphatic rings. The molecule has 1 aromatic heterocycles. The molecule has 5 aromatic rings. The Morgan fingerprint density at radius 3 is 2.23 bits per heavy atom. The molecule has 5 nitrogen and oxygen atoms in total. The Morgan fingerprint density at radius 1 is 0.837 bits per heavy atom. The molecular formula is C36H37FN4OS. The standard InChI is InChI=1S/C36H37FN4OS/c1-3-4-6-9-27-14-18-30(19-15-27)35(42)38-33(24-28-10-7-5-8-11-28)34-39-40-36(41(34)32-22-12-26(2)13-23-32)43-25-29-16-20-31(37)21-17-29/h5,7-8,10-23,33H,3-4,6,9,24-25H2,1-2H3,(H,38,42). The van der Waals surface area contributed by atoms with Crippen LogP contribution >= 0.6 is 11.8 Å². The highest BCUT2D eigenvalue weighted by molar-refractivity contribution is 7.98. The summed E-state index contributed by atoms with van der Waals surface area (Å²) in [6, 6.07) is 32.3. The lowest BCUT2D eigenvalue weighted by atomic mass is 10.0. The molecule has 0 radical (unpaired) electrons. The van der Waals surface area contributed by atoms with Gasteiger partial charge in [-0.1, -0.05) is 104 Å². The molecular weight excluding hydrogens is 555 g/mol. The Kier molecular flexibility index (Phi) is 10.4. The van der Waals surface area contributed by atoms with Gasteiger partial charge in [-0.25, -0.2) is 4.39 Å². The number of thioether (sulfide) groups is 1. The van der Waals surface area contributed by atoms with Gasteiger partial charge in [-0.2, -0.15) is 0 Å². The minimum atomic E-state index is -0.437. The SMILES string of the molecule is CCCCCc1ccc(C(=O)NC(Cc2ccccc2)c2nnc(SCc3ccc(F)cc3)n2-c2ccc(C)cc2)cc1. The van der Waals surface area contributed by atoms with Crippen molar-refractivity contribution in [3.63, 3.8) is 0 Å². The average molecular weight is 593 g/mol. The van der Waals surface area contributed by atoms with Crippen LogP contribution in [0.1, 0.15) is 70.7 Å². The van der Waals surface area contributed by atoms with E-state index in [9.17, 15) is 9.18 Å². The van der Waals surface area contributed by atoms with E-state index >= 15 is 0 Å². The number of hydrogen-bond donors (Lipinski definition) is 1. The smallest absolute Gasteiger partial charge is 0.251 e. The van der Waals surface area contributed by atoms with E-state index in [1.165, 1.54) is 42.3 Å². The molecule has 1 heterocycles. The number of unbranched alkanes of at least 4 members (excludes halogenated alkanes) is 2. The molecule has 1 unspecified atom stereocenters. The highest BCUT2D eigenvalue weighted by Gasteiger charge is 2.25. The van der Waals surface area contributed by atoms with Crippen LogP contribution in [0.4, 0.5) is 4.39 Å². The molecule has 0 fully saturated rings. The number of benzene rings is 4. The monoisotopic (exact) mass is 592 g/mol. The summed E-state index contributed by atoms with van der Waals surface area (Å²) in [5.41, 5.74) is 5.98. The molecule has 1 amide bonds. The number of halogens is 1. The zero-order chi connectivity index (χ0) is 30.0. The molecule has 0 aliphatic heterocycles. The number of hydrogen-bond acceptors (Lipinski definition) is 4. The first-order valence-corrected chi connectivity index (χ1v) is 15.8. The number of nitrogens with zero attached hydrogens (tertiary/aromatic N) is 3. The van der Waals surface area contributed by atoms with Crippen molar-refractivity contribution in [3.8, 4) is 5.69 Å². The van der Waals surface area contributed by atoms with Gasteiger partial charge in [0.2, 0.25) is 0 Å². The molecule has 1 N–H and O–H groups in total. The Hall–Kier alpha value is -4.23. The molecule has 0 saturated carbocycles. The van der Waals surface area contributed by atoms with E-state index in [1.54, 1.807) is 12.1 Å². The number of aromatic nitrogens is 3. The molecule has 0 spiro atoms. The van der Waals surface area contributed by atoms with Crippen molar-refractivity contribution in [1.29, 1.82) is 0 Å². The van der Waals surface area contributed by atoms with E-state index in [1.807, 2.05) is 47.0 Å². The Labute approximate surface area is 257 Å². The third kappa shape index (κ3) is 8.20. The Bertz CT molecular complexity index is 1600. The lowest BCUT2D eigenvalue weighted by Gasteiger charge is -2.20. The van der Waals surface area contributed by atoms with E-state index < -0.39 is 6.04 Å². The van der Waals surface area contributed by atoms with Crippen molar-refractivity contribution < 1.29 is 9.18 Å². The molecule has 0 bridgehead atoms. The molecule has 220 valence electrons. The van der Waals surface area contributed by atoms with Crippen LogP contribution in [0, 0.1) is 12.7 Å². The number of carbonyl (C=O) groups is 1. The van der Waals surface area contributed by atoms with E-state index in [2.05, 4.69) is 65.8 Å². The van der Waals surface area contributed by atoms with Gasteiger partial charge in [-0.05, 0) is 79.3 Å². The van der Waals surface area contributed by atoms with Crippen LogP contribution in [0.2, 0.25) is 0 Å². The zero-order valence-electron chi connectivity index (χ0n) is 24.7. The molecule has 4 aromatic carbocycles. The van der Waals surface area contributed by atoms with Crippen molar-refractivity contribution in [2.45, 2.75) is 62.9 Å². The van der Waals surface area contributed by atoms with E-state index in [-0.39, 0.29) is 11.7 Å². The van der Waals surface area contributed by atoms with Gasteiger partial charge in [-0.3, -0.25) is 9.36 Å². The molecule has 43 heavy (non-hydrogen) atoms.